The molecule has 2 fully saturated rings. The van der Waals surface area contributed by atoms with Crippen LogP contribution < -0.4 is 10.6 Å². The van der Waals surface area contributed by atoms with E-state index in [-0.39, 0.29) is 24.0 Å². The van der Waals surface area contributed by atoms with Gasteiger partial charge in [0.05, 0.1) is 6.26 Å². The van der Waals surface area contributed by atoms with Crippen molar-refractivity contribution < 1.29 is 4.42 Å². The fourth-order valence-electron chi connectivity index (χ4n) is 4.06. The van der Waals surface area contributed by atoms with Crippen LogP contribution in [0.1, 0.15) is 64.6 Å². The first-order chi connectivity index (χ1) is 12.7. The summed E-state index contributed by atoms with van der Waals surface area (Å²) < 4.78 is 5.43. The van der Waals surface area contributed by atoms with Gasteiger partial charge in [-0.25, -0.2) is 0 Å². The van der Waals surface area contributed by atoms with Crippen molar-refractivity contribution in [2.45, 2.75) is 83.3 Å². The number of likely N-dealkylation sites (tertiary alicyclic amines) is 1. The zero-order valence-electron chi connectivity index (χ0n) is 17.0. The minimum atomic E-state index is 0. The van der Waals surface area contributed by atoms with Crippen LogP contribution in [0.15, 0.2) is 27.8 Å². The summed E-state index contributed by atoms with van der Waals surface area (Å²) in [5, 5.41) is 7.44. The Labute approximate surface area is 181 Å². The maximum absolute atomic E-state index is 5.43. The first kappa shape index (κ1) is 22.5. The predicted molar refractivity (Wildman–Crippen MR) is 123 cm³/mol. The second-order valence-corrected chi connectivity index (χ2v) is 8.09. The van der Waals surface area contributed by atoms with Crippen molar-refractivity contribution >= 4 is 29.9 Å². The predicted octanol–water partition coefficient (Wildman–Crippen LogP) is 4.18. The molecule has 0 spiro atoms. The van der Waals surface area contributed by atoms with Gasteiger partial charge >= 0.3 is 0 Å². The van der Waals surface area contributed by atoms with Gasteiger partial charge in [0.1, 0.15) is 5.76 Å². The molecule has 6 heteroatoms. The van der Waals surface area contributed by atoms with Crippen LogP contribution in [0, 0.1) is 0 Å². The molecule has 2 N–H and O–H groups in total. The van der Waals surface area contributed by atoms with Crippen molar-refractivity contribution in [1.29, 1.82) is 0 Å². The first-order valence-electron chi connectivity index (χ1n) is 10.5. The Morgan fingerprint density at radius 2 is 1.78 bits per heavy atom. The Bertz CT molecular complexity index is 532. The van der Waals surface area contributed by atoms with Crippen molar-refractivity contribution in [3.63, 3.8) is 0 Å². The zero-order valence-corrected chi connectivity index (χ0v) is 19.3. The summed E-state index contributed by atoms with van der Waals surface area (Å²) >= 11 is 0. The second-order valence-electron chi connectivity index (χ2n) is 8.09. The highest BCUT2D eigenvalue weighted by atomic mass is 127. The molecular formula is C21H37IN4O. The van der Waals surface area contributed by atoms with E-state index in [0.29, 0.717) is 18.1 Å². The Morgan fingerprint density at radius 1 is 1.11 bits per heavy atom. The molecule has 1 aromatic rings. The number of hydrogen-bond acceptors (Lipinski definition) is 3. The molecule has 0 aromatic carbocycles. The third-order valence-electron chi connectivity index (χ3n) is 5.75. The fourth-order valence-corrected chi connectivity index (χ4v) is 4.06. The molecular weight excluding hydrogens is 451 g/mol. The molecule has 0 amide bonds. The van der Waals surface area contributed by atoms with Crippen molar-refractivity contribution in [3.05, 3.63) is 24.2 Å². The van der Waals surface area contributed by atoms with Gasteiger partial charge in [0, 0.05) is 44.2 Å². The molecule has 154 valence electrons. The lowest BCUT2D eigenvalue weighted by atomic mass is 9.95. The average molecular weight is 488 g/mol. The van der Waals surface area contributed by atoms with Crippen LogP contribution in [0.2, 0.25) is 0 Å². The van der Waals surface area contributed by atoms with Crippen LogP contribution in [0.4, 0.5) is 0 Å². The number of furan rings is 1. The molecule has 2 heterocycles. The van der Waals surface area contributed by atoms with Crippen LogP contribution in [-0.2, 0) is 6.42 Å². The fraction of sp³-hybridized carbons (Fsp3) is 0.762. The van der Waals surface area contributed by atoms with Crippen molar-refractivity contribution in [2.75, 3.05) is 19.6 Å². The van der Waals surface area contributed by atoms with Gasteiger partial charge in [-0.1, -0.05) is 19.3 Å². The molecule has 1 aliphatic carbocycles. The summed E-state index contributed by atoms with van der Waals surface area (Å²) in [4.78, 5) is 7.43. The summed E-state index contributed by atoms with van der Waals surface area (Å²) in [5.74, 6) is 2.02. The van der Waals surface area contributed by atoms with Crippen LogP contribution >= 0.6 is 24.0 Å². The van der Waals surface area contributed by atoms with Crippen molar-refractivity contribution in [1.82, 2.24) is 15.5 Å². The first-order valence-corrected chi connectivity index (χ1v) is 10.5. The molecule has 0 unspecified atom stereocenters. The Kier molecular flexibility index (Phi) is 9.96. The monoisotopic (exact) mass is 488 g/mol. The number of piperidine rings is 1. The number of nitrogens with zero attached hydrogens (tertiary/aromatic N) is 2. The van der Waals surface area contributed by atoms with E-state index in [1.165, 1.54) is 58.0 Å². The van der Waals surface area contributed by atoms with Crippen LogP contribution in [0.3, 0.4) is 0 Å². The highest BCUT2D eigenvalue weighted by Crippen LogP contribution is 2.18. The summed E-state index contributed by atoms with van der Waals surface area (Å²) in [6.45, 7) is 7.71. The molecule has 1 saturated heterocycles. The molecule has 2 aliphatic rings. The lowest BCUT2D eigenvalue weighted by molar-refractivity contribution is 0.167. The Balaban J connectivity index is 0.00000261. The number of halogens is 1. The van der Waals surface area contributed by atoms with E-state index in [4.69, 9.17) is 9.41 Å². The van der Waals surface area contributed by atoms with E-state index >= 15 is 0 Å². The molecule has 5 nitrogen and oxygen atoms in total. The van der Waals surface area contributed by atoms with Gasteiger partial charge in [-0.3, -0.25) is 4.99 Å². The lowest BCUT2D eigenvalue weighted by Gasteiger charge is -2.36. The average Bonchev–Trinajstić information content (AvgIpc) is 3.16. The minimum absolute atomic E-state index is 0. The number of nitrogens with one attached hydrogen (secondary N) is 2. The highest BCUT2D eigenvalue weighted by Gasteiger charge is 2.22. The smallest absolute Gasteiger partial charge is 0.191 e. The van der Waals surface area contributed by atoms with Gasteiger partial charge < -0.3 is 20.0 Å². The topological polar surface area (TPSA) is 52.8 Å². The van der Waals surface area contributed by atoms with E-state index < -0.39 is 0 Å². The second kappa shape index (κ2) is 11.9. The standard InChI is InChI=1S/C21H36N4O.HI/c1-17(2)25-14-11-19(12-15-25)24-21(23-18-7-4-3-5-8-18)22-13-10-20-9-6-16-26-20;/h6,9,16-19H,3-5,7-8,10-15H2,1-2H3,(H2,22,23,24);1H. The van der Waals surface area contributed by atoms with Crippen LogP contribution in [-0.4, -0.2) is 48.6 Å². The maximum Gasteiger partial charge on any atom is 0.191 e. The third-order valence-corrected chi connectivity index (χ3v) is 5.75. The molecule has 1 aromatic heterocycles. The molecule has 1 aliphatic heterocycles. The molecule has 3 rings (SSSR count). The number of guanidine groups is 1. The molecule has 1 saturated carbocycles. The maximum atomic E-state index is 5.43. The molecule has 27 heavy (non-hydrogen) atoms. The third kappa shape index (κ3) is 7.64. The Morgan fingerprint density at radius 3 is 2.37 bits per heavy atom. The van der Waals surface area contributed by atoms with Crippen LogP contribution in [0.5, 0.6) is 0 Å². The van der Waals surface area contributed by atoms with Crippen LogP contribution in [0.25, 0.3) is 0 Å². The molecule has 0 radical (unpaired) electrons. The van der Waals surface area contributed by atoms with Gasteiger partial charge in [-0.2, -0.15) is 0 Å². The van der Waals surface area contributed by atoms with Gasteiger partial charge in [-0.15, -0.1) is 24.0 Å². The summed E-state index contributed by atoms with van der Waals surface area (Å²) in [7, 11) is 0. The normalized spacial score (nSPS) is 20.5. The van der Waals surface area contributed by atoms with Gasteiger partial charge in [-0.05, 0) is 51.7 Å². The number of hydrogen-bond donors (Lipinski definition) is 2. The van der Waals surface area contributed by atoms with E-state index in [9.17, 15) is 0 Å². The SMILES string of the molecule is CC(C)N1CCC(NC(=NCCc2ccco2)NC2CCCCC2)CC1.I. The van der Waals surface area contributed by atoms with Gasteiger partial charge in [0.25, 0.3) is 0 Å². The van der Waals surface area contributed by atoms with Crippen molar-refractivity contribution in [2.24, 2.45) is 4.99 Å². The van der Waals surface area contributed by atoms with E-state index in [0.717, 1.165) is 24.7 Å². The zero-order chi connectivity index (χ0) is 18.2. The van der Waals surface area contributed by atoms with Gasteiger partial charge in [0.2, 0.25) is 0 Å². The molecule has 0 bridgehead atoms. The largest absolute Gasteiger partial charge is 0.469 e. The minimum Gasteiger partial charge on any atom is -0.469 e. The number of aliphatic imine (C=N–C) groups is 1. The summed E-state index contributed by atoms with van der Waals surface area (Å²) in [5.41, 5.74) is 0. The van der Waals surface area contributed by atoms with E-state index in [2.05, 4.69) is 29.4 Å². The number of rotatable bonds is 6. The summed E-state index contributed by atoms with van der Waals surface area (Å²) in [6.07, 6.45) is 11.6. The van der Waals surface area contributed by atoms with Crippen molar-refractivity contribution in [3.8, 4) is 0 Å². The lowest BCUT2D eigenvalue weighted by Crippen LogP contribution is -2.52. The highest BCUT2D eigenvalue weighted by molar-refractivity contribution is 14.0. The molecule has 0 atom stereocenters. The Hall–Kier alpha value is -0.760. The summed E-state index contributed by atoms with van der Waals surface area (Å²) in [6, 6.07) is 5.73. The van der Waals surface area contributed by atoms with Gasteiger partial charge in [0.15, 0.2) is 5.96 Å². The quantitative estimate of drug-likeness (QED) is 0.359. The van der Waals surface area contributed by atoms with E-state index in [1.807, 2.05) is 12.1 Å². The van der Waals surface area contributed by atoms with E-state index in [1.54, 1.807) is 6.26 Å².